The van der Waals surface area contributed by atoms with E-state index in [1.165, 1.54) is 4.90 Å². The van der Waals surface area contributed by atoms with Crippen molar-refractivity contribution in [2.75, 3.05) is 32.1 Å². The van der Waals surface area contributed by atoms with Crippen molar-refractivity contribution in [3.63, 3.8) is 0 Å². The van der Waals surface area contributed by atoms with Crippen molar-refractivity contribution in [3.05, 3.63) is 70.4 Å². The molecule has 0 saturated carbocycles. The summed E-state index contributed by atoms with van der Waals surface area (Å²) in [5.41, 5.74) is 3.09. The number of amides is 2. The Morgan fingerprint density at radius 3 is 2.30 bits per heavy atom. The summed E-state index contributed by atoms with van der Waals surface area (Å²) in [7, 11) is 4.04. The number of piperidine rings is 1. The van der Waals surface area contributed by atoms with E-state index in [1.807, 2.05) is 55.3 Å². The fourth-order valence-corrected chi connectivity index (χ4v) is 4.41. The molecule has 5 nitrogen and oxygen atoms in total. The number of likely N-dealkylation sites (N-methyl/N-ethyl adjacent to an activating group) is 1. The molecular weight excluding hydrogens is 398 g/mol. The molecule has 0 radical (unpaired) electrons. The predicted octanol–water partition coefficient (Wildman–Crippen LogP) is 3.96. The van der Waals surface area contributed by atoms with Crippen LogP contribution in [0.2, 0.25) is 5.02 Å². The van der Waals surface area contributed by atoms with Crippen LogP contribution in [-0.2, 0) is 9.59 Å². The molecule has 0 unspecified atom stereocenters. The number of imide groups is 1. The lowest BCUT2D eigenvalue weighted by molar-refractivity contribution is -0.120. The van der Waals surface area contributed by atoms with E-state index >= 15 is 0 Å². The number of carbonyl (C=O) groups is 2. The molecule has 156 valence electrons. The van der Waals surface area contributed by atoms with Crippen LogP contribution in [-0.4, -0.2) is 54.8 Å². The highest BCUT2D eigenvalue weighted by Crippen LogP contribution is 2.37. The molecule has 2 aliphatic rings. The van der Waals surface area contributed by atoms with Gasteiger partial charge in [-0.1, -0.05) is 48.0 Å². The molecule has 0 N–H and O–H groups in total. The summed E-state index contributed by atoms with van der Waals surface area (Å²) in [6.45, 7) is 3.84. The summed E-state index contributed by atoms with van der Waals surface area (Å²) >= 11 is 6.30. The summed E-state index contributed by atoms with van der Waals surface area (Å²) in [5.74, 6) is -0.596. The summed E-state index contributed by atoms with van der Waals surface area (Å²) in [6.07, 6.45) is 1.91. The monoisotopic (exact) mass is 423 g/mol. The second kappa shape index (κ2) is 8.25. The van der Waals surface area contributed by atoms with E-state index in [2.05, 4.69) is 11.9 Å². The number of hydrogen-bond donors (Lipinski definition) is 0. The Balaban J connectivity index is 1.78. The van der Waals surface area contributed by atoms with E-state index in [-0.39, 0.29) is 17.9 Å². The van der Waals surface area contributed by atoms with Gasteiger partial charge in [-0.15, -0.1) is 0 Å². The number of carbonyl (C=O) groups excluding carboxylic acids is 2. The molecule has 1 saturated heterocycles. The van der Waals surface area contributed by atoms with E-state index in [4.69, 9.17) is 11.6 Å². The maximum absolute atomic E-state index is 13.6. The number of hydrogen-bond acceptors (Lipinski definition) is 4. The quantitative estimate of drug-likeness (QED) is 0.698. The third-order valence-corrected chi connectivity index (χ3v) is 6.53. The van der Waals surface area contributed by atoms with Gasteiger partial charge < -0.3 is 9.80 Å². The average molecular weight is 424 g/mol. The molecule has 0 atom stereocenters. The molecule has 1 fully saturated rings. The van der Waals surface area contributed by atoms with Crippen molar-refractivity contribution in [2.24, 2.45) is 0 Å². The van der Waals surface area contributed by atoms with E-state index in [9.17, 15) is 9.59 Å². The first-order valence-corrected chi connectivity index (χ1v) is 10.6. The van der Waals surface area contributed by atoms with Crippen molar-refractivity contribution in [1.29, 1.82) is 0 Å². The van der Waals surface area contributed by atoms with Crippen LogP contribution in [0.25, 0.3) is 5.57 Å². The topological polar surface area (TPSA) is 43.9 Å². The Hall–Kier alpha value is -2.63. The van der Waals surface area contributed by atoms with Crippen LogP contribution in [0.15, 0.2) is 54.2 Å². The first kappa shape index (κ1) is 20.6. The van der Waals surface area contributed by atoms with E-state index in [0.717, 1.165) is 37.1 Å². The van der Waals surface area contributed by atoms with Gasteiger partial charge in [-0.2, -0.15) is 0 Å². The summed E-state index contributed by atoms with van der Waals surface area (Å²) in [5, 5.41) is 0.534. The van der Waals surface area contributed by atoms with Crippen molar-refractivity contribution in [1.82, 2.24) is 9.80 Å². The first-order valence-electron chi connectivity index (χ1n) is 10.2. The van der Waals surface area contributed by atoms with Gasteiger partial charge in [0.25, 0.3) is 11.8 Å². The molecule has 0 spiro atoms. The molecule has 2 aliphatic heterocycles. The molecule has 2 aromatic carbocycles. The van der Waals surface area contributed by atoms with Crippen LogP contribution in [0.4, 0.5) is 5.69 Å². The Morgan fingerprint density at radius 2 is 1.67 bits per heavy atom. The average Bonchev–Trinajstić information content (AvgIpc) is 3.01. The van der Waals surface area contributed by atoms with Crippen molar-refractivity contribution < 1.29 is 9.59 Å². The highest BCUT2D eigenvalue weighted by atomic mass is 35.5. The van der Waals surface area contributed by atoms with Gasteiger partial charge in [0.15, 0.2) is 0 Å². The van der Waals surface area contributed by atoms with Crippen LogP contribution in [0, 0.1) is 6.92 Å². The molecule has 4 rings (SSSR count). The standard InChI is InChI=1S/C24H26ClN3O2/c1-16-9-10-19(15-20(16)25)28-23(29)21(17-7-5-4-6-8-17)22(24(28)30)27(3)18-11-13-26(2)14-12-18/h4-10,15,18H,11-14H2,1-3H3. The normalized spacial score (nSPS) is 18.5. The van der Waals surface area contributed by atoms with Crippen LogP contribution in [0.3, 0.4) is 0 Å². The highest BCUT2D eigenvalue weighted by molar-refractivity contribution is 6.45. The minimum atomic E-state index is -0.305. The largest absolute Gasteiger partial charge is 0.366 e. The van der Waals surface area contributed by atoms with Gasteiger partial charge in [0, 0.05) is 18.1 Å². The number of nitrogens with zero attached hydrogens (tertiary/aromatic N) is 3. The zero-order valence-electron chi connectivity index (χ0n) is 17.6. The number of aryl methyl sites for hydroxylation is 1. The Kier molecular flexibility index (Phi) is 5.67. The lowest BCUT2D eigenvalue weighted by Crippen LogP contribution is -2.43. The Bertz CT molecular complexity index is 1010. The second-order valence-electron chi connectivity index (χ2n) is 8.11. The lowest BCUT2D eigenvalue weighted by atomic mass is 10.0. The lowest BCUT2D eigenvalue weighted by Gasteiger charge is -2.36. The van der Waals surface area contributed by atoms with E-state index in [1.54, 1.807) is 12.1 Å². The predicted molar refractivity (Wildman–Crippen MR) is 120 cm³/mol. The van der Waals surface area contributed by atoms with Crippen LogP contribution in [0.5, 0.6) is 0 Å². The fraction of sp³-hybridized carbons (Fsp3) is 0.333. The third-order valence-electron chi connectivity index (χ3n) is 6.12. The molecule has 2 amide bonds. The summed E-state index contributed by atoms with van der Waals surface area (Å²) < 4.78 is 0. The highest BCUT2D eigenvalue weighted by Gasteiger charge is 2.43. The molecule has 2 heterocycles. The van der Waals surface area contributed by atoms with Gasteiger partial charge >= 0.3 is 0 Å². The summed E-state index contributed by atoms with van der Waals surface area (Å²) in [6, 6.07) is 15.0. The van der Waals surface area contributed by atoms with Crippen molar-refractivity contribution in [2.45, 2.75) is 25.8 Å². The van der Waals surface area contributed by atoms with E-state index < -0.39 is 0 Å². The number of halogens is 1. The SMILES string of the molecule is Cc1ccc(N2C(=O)C(c3ccccc3)=C(N(C)C3CCN(C)CC3)C2=O)cc1Cl. The zero-order valence-corrected chi connectivity index (χ0v) is 18.3. The first-order chi connectivity index (χ1) is 14.4. The Morgan fingerprint density at radius 1 is 1.00 bits per heavy atom. The second-order valence-corrected chi connectivity index (χ2v) is 8.52. The smallest absolute Gasteiger partial charge is 0.282 e. The van der Waals surface area contributed by atoms with Crippen molar-refractivity contribution >= 4 is 34.7 Å². The molecule has 30 heavy (non-hydrogen) atoms. The minimum absolute atomic E-state index is 0.216. The third kappa shape index (κ3) is 3.64. The van der Waals surface area contributed by atoms with Gasteiger partial charge in [-0.3, -0.25) is 9.59 Å². The molecule has 0 bridgehead atoms. The van der Waals surface area contributed by atoms with Gasteiger partial charge in [0.2, 0.25) is 0 Å². The molecular formula is C24H26ClN3O2. The van der Waals surface area contributed by atoms with Gasteiger partial charge in [-0.05, 0) is 63.2 Å². The molecule has 0 aromatic heterocycles. The minimum Gasteiger partial charge on any atom is -0.366 e. The number of anilines is 1. The summed E-state index contributed by atoms with van der Waals surface area (Å²) in [4.78, 5) is 32.7. The molecule has 6 heteroatoms. The number of benzene rings is 2. The maximum atomic E-state index is 13.6. The van der Waals surface area contributed by atoms with Gasteiger partial charge in [-0.25, -0.2) is 4.90 Å². The van der Waals surface area contributed by atoms with Crippen LogP contribution >= 0.6 is 11.6 Å². The fourth-order valence-electron chi connectivity index (χ4n) is 4.23. The maximum Gasteiger partial charge on any atom is 0.282 e. The Labute approximate surface area is 182 Å². The molecule has 2 aromatic rings. The van der Waals surface area contributed by atoms with Crippen molar-refractivity contribution in [3.8, 4) is 0 Å². The molecule has 0 aliphatic carbocycles. The van der Waals surface area contributed by atoms with Gasteiger partial charge in [0.05, 0.1) is 11.3 Å². The van der Waals surface area contributed by atoms with Crippen LogP contribution < -0.4 is 4.90 Å². The zero-order chi connectivity index (χ0) is 21.4. The van der Waals surface area contributed by atoms with E-state index in [0.29, 0.717) is 22.0 Å². The number of likely N-dealkylation sites (tertiary alicyclic amines) is 1. The number of rotatable bonds is 4. The van der Waals surface area contributed by atoms with Crippen LogP contribution in [0.1, 0.15) is 24.0 Å². The van der Waals surface area contributed by atoms with Gasteiger partial charge in [0.1, 0.15) is 5.70 Å².